The zero-order valence-corrected chi connectivity index (χ0v) is 9.81. The van der Waals surface area contributed by atoms with Crippen molar-refractivity contribution >= 4 is 11.6 Å². The first-order valence-corrected chi connectivity index (χ1v) is 5.78. The van der Waals surface area contributed by atoms with E-state index in [1.165, 1.54) is 5.56 Å². The highest BCUT2D eigenvalue weighted by atomic mass is 16.2. The van der Waals surface area contributed by atoms with Crippen LogP contribution in [0.1, 0.15) is 25.8 Å². The Morgan fingerprint density at radius 3 is 2.94 bits per heavy atom. The van der Waals surface area contributed by atoms with Crippen LogP contribution >= 0.6 is 0 Å². The van der Waals surface area contributed by atoms with Gasteiger partial charge in [-0.2, -0.15) is 0 Å². The molecule has 2 nitrogen and oxygen atoms in total. The Morgan fingerprint density at radius 1 is 1.44 bits per heavy atom. The lowest BCUT2D eigenvalue weighted by molar-refractivity contribution is -0.114. The predicted octanol–water partition coefficient (Wildman–Crippen LogP) is 2.93. The fourth-order valence-electron chi connectivity index (χ4n) is 2.25. The van der Waals surface area contributed by atoms with Crippen LogP contribution in [-0.2, 0) is 11.2 Å². The largest absolute Gasteiger partial charge is 0.306 e. The summed E-state index contributed by atoms with van der Waals surface area (Å²) < 4.78 is 0. The fraction of sp³-hybridized carbons (Fsp3) is 0.357. The predicted molar refractivity (Wildman–Crippen MR) is 66.5 cm³/mol. The summed E-state index contributed by atoms with van der Waals surface area (Å²) in [6, 6.07) is 8.46. The van der Waals surface area contributed by atoms with Gasteiger partial charge in [0.05, 0.1) is 0 Å². The summed E-state index contributed by atoms with van der Waals surface area (Å²) in [6.07, 6.45) is 5.54. The molecule has 1 unspecified atom stereocenters. The van der Waals surface area contributed by atoms with Crippen molar-refractivity contribution in [2.24, 2.45) is 0 Å². The van der Waals surface area contributed by atoms with Gasteiger partial charge in [-0.15, -0.1) is 0 Å². The van der Waals surface area contributed by atoms with Gasteiger partial charge in [-0.1, -0.05) is 24.3 Å². The van der Waals surface area contributed by atoms with Crippen LogP contribution in [0.5, 0.6) is 0 Å². The van der Waals surface area contributed by atoms with Crippen molar-refractivity contribution in [3.05, 3.63) is 42.0 Å². The number of anilines is 1. The van der Waals surface area contributed by atoms with E-state index in [1.54, 1.807) is 12.2 Å². The standard InChI is InChI=1S/C14H17NO/c1-3-6-14(16)15-11(2)9-10-12-7-4-5-8-13(12)15/h3-8,11H,9-10H2,1-2H3. The van der Waals surface area contributed by atoms with Crippen LogP contribution < -0.4 is 4.90 Å². The Balaban J connectivity index is 2.40. The van der Waals surface area contributed by atoms with Crippen LogP contribution in [0, 0.1) is 0 Å². The van der Waals surface area contributed by atoms with Gasteiger partial charge in [0.25, 0.3) is 5.91 Å². The average molecular weight is 215 g/mol. The van der Waals surface area contributed by atoms with Crippen LogP contribution in [0.3, 0.4) is 0 Å². The van der Waals surface area contributed by atoms with Gasteiger partial charge in [0.1, 0.15) is 0 Å². The van der Waals surface area contributed by atoms with E-state index in [-0.39, 0.29) is 5.91 Å². The summed E-state index contributed by atoms with van der Waals surface area (Å²) in [5.74, 6) is 0.0853. The first-order valence-electron chi connectivity index (χ1n) is 5.78. The second-order valence-corrected chi connectivity index (χ2v) is 4.22. The summed E-state index contributed by atoms with van der Waals surface area (Å²) in [5.41, 5.74) is 2.35. The first-order chi connectivity index (χ1) is 7.74. The second kappa shape index (κ2) is 4.52. The third-order valence-corrected chi connectivity index (χ3v) is 3.07. The molecule has 0 saturated carbocycles. The number of fused-ring (bicyclic) bond motifs is 1. The molecule has 84 valence electrons. The quantitative estimate of drug-likeness (QED) is 0.660. The lowest BCUT2D eigenvalue weighted by Crippen LogP contribution is -2.41. The smallest absolute Gasteiger partial charge is 0.250 e. The third kappa shape index (κ3) is 1.87. The van der Waals surface area contributed by atoms with Gasteiger partial charge in [-0.05, 0) is 44.4 Å². The molecule has 2 heteroatoms. The van der Waals surface area contributed by atoms with E-state index >= 15 is 0 Å². The van der Waals surface area contributed by atoms with Crippen molar-refractivity contribution < 1.29 is 4.79 Å². The maximum atomic E-state index is 12.0. The number of amides is 1. The molecule has 1 aromatic rings. The normalized spacial score (nSPS) is 19.9. The van der Waals surface area contributed by atoms with Crippen molar-refractivity contribution in [3.8, 4) is 0 Å². The number of hydrogen-bond donors (Lipinski definition) is 0. The minimum atomic E-state index is 0.0853. The van der Waals surface area contributed by atoms with Gasteiger partial charge >= 0.3 is 0 Å². The maximum absolute atomic E-state index is 12.0. The number of benzene rings is 1. The molecular formula is C14H17NO. The molecule has 0 radical (unpaired) electrons. The van der Waals surface area contributed by atoms with Crippen LogP contribution in [-0.4, -0.2) is 11.9 Å². The van der Waals surface area contributed by atoms with Crippen LogP contribution in [0.15, 0.2) is 36.4 Å². The van der Waals surface area contributed by atoms with E-state index in [9.17, 15) is 4.79 Å². The fourth-order valence-corrected chi connectivity index (χ4v) is 2.25. The Bertz CT molecular complexity index is 422. The highest BCUT2D eigenvalue weighted by Crippen LogP contribution is 2.30. The molecule has 1 heterocycles. The maximum Gasteiger partial charge on any atom is 0.250 e. The number of hydrogen-bond acceptors (Lipinski definition) is 1. The molecule has 16 heavy (non-hydrogen) atoms. The molecule has 1 aliphatic rings. The van der Waals surface area contributed by atoms with Gasteiger partial charge in [-0.3, -0.25) is 4.79 Å². The van der Waals surface area contributed by atoms with Gasteiger partial charge in [0, 0.05) is 11.7 Å². The molecule has 1 aliphatic heterocycles. The molecule has 2 rings (SSSR count). The highest BCUT2D eigenvalue weighted by molar-refractivity contribution is 6.02. The van der Waals surface area contributed by atoms with E-state index in [2.05, 4.69) is 13.0 Å². The average Bonchev–Trinajstić information content (AvgIpc) is 2.29. The molecule has 0 bridgehead atoms. The van der Waals surface area contributed by atoms with E-state index in [1.807, 2.05) is 30.0 Å². The van der Waals surface area contributed by atoms with Crippen molar-refractivity contribution in [2.45, 2.75) is 32.7 Å². The molecular weight excluding hydrogens is 198 g/mol. The summed E-state index contributed by atoms with van der Waals surface area (Å²) >= 11 is 0. The summed E-state index contributed by atoms with van der Waals surface area (Å²) in [4.78, 5) is 13.9. The minimum Gasteiger partial charge on any atom is -0.306 e. The van der Waals surface area contributed by atoms with E-state index < -0.39 is 0 Å². The Morgan fingerprint density at radius 2 is 2.19 bits per heavy atom. The molecule has 0 aromatic heterocycles. The summed E-state index contributed by atoms with van der Waals surface area (Å²) in [5, 5.41) is 0. The summed E-state index contributed by atoms with van der Waals surface area (Å²) in [6.45, 7) is 3.98. The van der Waals surface area contributed by atoms with Gasteiger partial charge in [0.2, 0.25) is 0 Å². The monoisotopic (exact) mass is 215 g/mol. The third-order valence-electron chi connectivity index (χ3n) is 3.07. The van der Waals surface area contributed by atoms with E-state index in [0.717, 1.165) is 18.5 Å². The minimum absolute atomic E-state index is 0.0853. The number of allylic oxidation sites excluding steroid dienone is 1. The molecule has 0 spiro atoms. The lowest BCUT2D eigenvalue weighted by atomic mass is 9.96. The molecule has 0 aliphatic carbocycles. The number of aryl methyl sites for hydroxylation is 1. The van der Waals surface area contributed by atoms with Crippen molar-refractivity contribution in [1.82, 2.24) is 0 Å². The molecule has 1 aromatic carbocycles. The summed E-state index contributed by atoms with van der Waals surface area (Å²) in [7, 11) is 0. The first kappa shape index (κ1) is 10.9. The van der Waals surface area contributed by atoms with Crippen LogP contribution in [0.2, 0.25) is 0 Å². The Labute approximate surface area is 96.6 Å². The number of carbonyl (C=O) groups excluding carboxylic acids is 1. The van der Waals surface area contributed by atoms with E-state index in [0.29, 0.717) is 6.04 Å². The number of carbonyl (C=O) groups is 1. The zero-order chi connectivity index (χ0) is 11.5. The molecule has 0 fully saturated rings. The van der Waals surface area contributed by atoms with Crippen LogP contribution in [0.25, 0.3) is 0 Å². The molecule has 1 amide bonds. The second-order valence-electron chi connectivity index (χ2n) is 4.22. The topological polar surface area (TPSA) is 20.3 Å². The van der Waals surface area contributed by atoms with Gasteiger partial charge in [-0.25, -0.2) is 0 Å². The molecule has 0 saturated heterocycles. The van der Waals surface area contributed by atoms with Crippen molar-refractivity contribution in [2.75, 3.05) is 4.90 Å². The Kier molecular flexibility index (Phi) is 3.09. The Hall–Kier alpha value is -1.57. The number of nitrogens with zero attached hydrogens (tertiary/aromatic N) is 1. The number of para-hydroxylation sites is 1. The van der Waals surface area contributed by atoms with Crippen LogP contribution in [0.4, 0.5) is 5.69 Å². The molecule has 1 atom stereocenters. The van der Waals surface area contributed by atoms with Gasteiger partial charge < -0.3 is 4.90 Å². The number of rotatable bonds is 1. The van der Waals surface area contributed by atoms with Gasteiger partial charge in [0.15, 0.2) is 0 Å². The molecule has 0 N–H and O–H groups in total. The zero-order valence-electron chi connectivity index (χ0n) is 9.81. The van der Waals surface area contributed by atoms with Crippen molar-refractivity contribution in [1.29, 1.82) is 0 Å². The highest BCUT2D eigenvalue weighted by Gasteiger charge is 2.26. The SMILES string of the molecule is CC=CC(=O)N1c2ccccc2CCC1C. The van der Waals surface area contributed by atoms with Crippen molar-refractivity contribution in [3.63, 3.8) is 0 Å². The van der Waals surface area contributed by atoms with E-state index in [4.69, 9.17) is 0 Å². The lowest BCUT2D eigenvalue weighted by Gasteiger charge is -2.34.